The van der Waals surface area contributed by atoms with Crippen LogP contribution in [0.3, 0.4) is 0 Å². The van der Waals surface area contributed by atoms with Gasteiger partial charge in [-0.25, -0.2) is 4.79 Å². The highest BCUT2D eigenvalue weighted by molar-refractivity contribution is 6.36. The molecule has 0 aromatic heterocycles. The number of urea groups is 1. The SMILES string of the molecule is Cc1cc(Cl)c(NC(=O)NCC2(C(=O)O)CC2)cc1Cl. The van der Waals surface area contributed by atoms with E-state index >= 15 is 0 Å². The van der Waals surface area contributed by atoms with E-state index in [2.05, 4.69) is 10.6 Å². The Labute approximate surface area is 126 Å². The summed E-state index contributed by atoms with van der Waals surface area (Å²) >= 11 is 12.0. The molecule has 0 unspecified atom stereocenters. The molecule has 1 aliphatic carbocycles. The highest BCUT2D eigenvalue weighted by atomic mass is 35.5. The largest absolute Gasteiger partial charge is 0.481 e. The number of nitrogens with one attached hydrogen (secondary N) is 2. The second-order valence-corrected chi connectivity index (χ2v) is 5.79. The van der Waals surface area contributed by atoms with Gasteiger partial charge in [0.1, 0.15) is 0 Å². The molecule has 1 fully saturated rings. The number of benzene rings is 1. The first-order valence-corrected chi connectivity index (χ1v) is 6.83. The van der Waals surface area contributed by atoms with Gasteiger partial charge in [-0.3, -0.25) is 4.79 Å². The Bertz CT molecular complexity index is 571. The minimum absolute atomic E-state index is 0.103. The summed E-state index contributed by atoms with van der Waals surface area (Å²) in [6.07, 6.45) is 1.17. The molecule has 1 aliphatic rings. The van der Waals surface area contributed by atoms with E-state index in [1.165, 1.54) is 0 Å². The van der Waals surface area contributed by atoms with E-state index < -0.39 is 17.4 Å². The summed E-state index contributed by atoms with van der Waals surface area (Å²) in [6.45, 7) is 1.91. The van der Waals surface area contributed by atoms with Crippen molar-refractivity contribution in [3.63, 3.8) is 0 Å². The number of halogens is 2. The maximum absolute atomic E-state index is 11.7. The highest BCUT2D eigenvalue weighted by Crippen LogP contribution is 2.45. The maximum atomic E-state index is 11.7. The fourth-order valence-electron chi connectivity index (χ4n) is 1.78. The average Bonchev–Trinajstić information content (AvgIpc) is 3.15. The molecule has 1 aromatic carbocycles. The van der Waals surface area contributed by atoms with E-state index in [9.17, 15) is 9.59 Å². The van der Waals surface area contributed by atoms with Crippen molar-refractivity contribution >= 4 is 40.9 Å². The van der Waals surface area contributed by atoms with Crippen LogP contribution < -0.4 is 10.6 Å². The molecule has 0 spiro atoms. The molecule has 108 valence electrons. The summed E-state index contributed by atoms with van der Waals surface area (Å²) in [5.74, 6) is -0.880. The Hall–Kier alpha value is -1.46. The zero-order valence-electron chi connectivity index (χ0n) is 10.8. The molecule has 20 heavy (non-hydrogen) atoms. The quantitative estimate of drug-likeness (QED) is 0.797. The second kappa shape index (κ2) is 5.50. The first-order chi connectivity index (χ1) is 9.34. The van der Waals surface area contributed by atoms with Gasteiger partial charge in [0, 0.05) is 11.6 Å². The van der Waals surface area contributed by atoms with Crippen LogP contribution in [-0.2, 0) is 4.79 Å². The van der Waals surface area contributed by atoms with E-state index in [0.717, 1.165) is 5.56 Å². The van der Waals surface area contributed by atoms with Crippen LogP contribution in [0.4, 0.5) is 10.5 Å². The van der Waals surface area contributed by atoms with E-state index in [1.807, 2.05) is 6.92 Å². The van der Waals surface area contributed by atoms with Crippen molar-refractivity contribution < 1.29 is 14.7 Å². The lowest BCUT2D eigenvalue weighted by molar-refractivity contribution is -0.143. The number of carboxylic acids is 1. The molecule has 1 aromatic rings. The van der Waals surface area contributed by atoms with Crippen LogP contribution in [0, 0.1) is 12.3 Å². The number of rotatable bonds is 4. The van der Waals surface area contributed by atoms with Crippen molar-refractivity contribution in [3.8, 4) is 0 Å². The van der Waals surface area contributed by atoms with Gasteiger partial charge in [0.25, 0.3) is 0 Å². The molecule has 2 rings (SSSR count). The molecule has 0 heterocycles. The number of carboxylic acid groups (broad SMARTS) is 1. The third-order valence-electron chi connectivity index (χ3n) is 3.39. The fraction of sp³-hybridized carbons (Fsp3) is 0.385. The number of anilines is 1. The number of hydrogen-bond donors (Lipinski definition) is 3. The van der Waals surface area contributed by atoms with E-state index in [1.54, 1.807) is 12.1 Å². The van der Waals surface area contributed by atoms with Crippen molar-refractivity contribution in [1.82, 2.24) is 5.32 Å². The Morgan fingerprint density at radius 1 is 1.30 bits per heavy atom. The number of amides is 2. The Kier molecular flexibility index (Phi) is 4.11. The predicted octanol–water partition coefficient (Wildman–Crippen LogP) is 3.29. The smallest absolute Gasteiger partial charge is 0.319 e. The Balaban J connectivity index is 1.95. The average molecular weight is 317 g/mol. The second-order valence-electron chi connectivity index (χ2n) is 4.97. The van der Waals surface area contributed by atoms with Crippen molar-refractivity contribution in [2.75, 3.05) is 11.9 Å². The summed E-state index contributed by atoms with van der Waals surface area (Å²) in [7, 11) is 0. The highest BCUT2D eigenvalue weighted by Gasteiger charge is 2.50. The van der Waals surface area contributed by atoms with Gasteiger partial charge >= 0.3 is 12.0 Å². The molecule has 5 nitrogen and oxygen atoms in total. The lowest BCUT2D eigenvalue weighted by atomic mass is 10.1. The number of aryl methyl sites for hydroxylation is 1. The predicted molar refractivity (Wildman–Crippen MR) is 77.5 cm³/mol. The summed E-state index contributed by atoms with van der Waals surface area (Å²) in [4.78, 5) is 22.7. The molecule has 3 N–H and O–H groups in total. The summed E-state index contributed by atoms with van der Waals surface area (Å²) < 4.78 is 0. The summed E-state index contributed by atoms with van der Waals surface area (Å²) in [5, 5.41) is 15.0. The zero-order valence-corrected chi connectivity index (χ0v) is 12.3. The van der Waals surface area contributed by atoms with Gasteiger partial charge in [-0.1, -0.05) is 23.2 Å². The maximum Gasteiger partial charge on any atom is 0.319 e. The molecule has 2 amide bonds. The van der Waals surface area contributed by atoms with Crippen LogP contribution in [0.25, 0.3) is 0 Å². The molecule has 0 aliphatic heterocycles. The van der Waals surface area contributed by atoms with Crippen molar-refractivity contribution in [2.45, 2.75) is 19.8 Å². The number of carbonyl (C=O) groups is 2. The number of aliphatic carboxylic acids is 1. The lowest BCUT2D eigenvalue weighted by Gasteiger charge is -2.13. The van der Waals surface area contributed by atoms with Gasteiger partial charge in [-0.15, -0.1) is 0 Å². The van der Waals surface area contributed by atoms with E-state index in [0.29, 0.717) is 28.6 Å². The first kappa shape index (κ1) is 14.9. The van der Waals surface area contributed by atoms with Gasteiger partial charge in [0.05, 0.1) is 16.1 Å². The van der Waals surface area contributed by atoms with Crippen molar-refractivity contribution in [3.05, 3.63) is 27.7 Å². The van der Waals surface area contributed by atoms with Gasteiger partial charge < -0.3 is 15.7 Å². The molecule has 0 radical (unpaired) electrons. The first-order valence-electron chi connectivity index (χ1n) is 6.08. The third kappa shape index (κ3) is 3.16. The minimum Gasteiger partial charge on any atom is -0.481 e. The van der Waals surface area contributed by atoms with Crippen LogP contribution in [-0.4, -0.2) is 23.7 Å². The molecule has 0 bridgehead atoms. The minimum atomic E-state index is -0.880. The van der Waals surface area contributed by atoms with Gasteiger partial charge in [0.2, 0.25) is 0 Å². The Morgan fingerprint density at radius 2 is 1.95 bits per heavy atom. The van der Waals surface area contributed by atoms with Crippen LogP contribution in [0.2, 0.25) is 10.0 Å². The Morgan fingerprint density at radius 3 is 2.50 bits per heavy atom. The van der Waals surface area contributed by atoms with Crippen LogP contribution in [0.5, 0.6) is 0 Å². The number of carbonyl (C=O) groups excluding carboxylic acids is 1. The molecular formula is C13H14Cl2N2O3. The topological polar surface area (TPSA) is 78.4 Å². The summed E-state index contributed by atoms with van der Waals surface area (Å²) in [6, 6.07) is 2.71. The lowest BCUT2D eigenvalue weighted by Crippen LogP contribution is -2.36. The van der Waals surface area contributed by atoms with Gasteiger partial charge in [-0.2, -0.15) is 0 Å². The van der Waals surface area contributed by atoms with Crippen LogP contribution in [0.1, 0.15) is 18.4 Å². The van der Waals surface area contributed by atoms with Crippen LogP contribution >= 0.6 is 23.2 Å². The summed E-state index contributed by atoms with van der Waals surface area (Å²) in [5.41, 5.74) is 0.400. The van der Waals surface area contributed by atoms with E-state index in [-0.39, 0.29) is 6.54 Å². The van der Waals surface area contributed by atoms with Gasteiger partial charge in [-0.05, 0) is 37.5 Å². The molecule has 1 saturated carbocycles. The molecule has 0 saturated heterocycles. The fourth-order valence-corrected chi connectivity index (χ4v) is 2.20. The van der Waals surface area contributed by atoms with Crippen molar-refractivity contribution in [2.24, 2.45) is 5.41 Å². The van der Waals surface area contributed by atoms with E-state index in [4.69, 9.17) is 28.3 Å². The standard InChI is InChI=1S/C13H14Cl2N2O3/c1-7-4-9(15)10(5-8(7)14)17-12(20)16-6-13(2-3-13)11(18)19/h4-5H,2-3,6H2,1H3,(H,18,19)(H2,16,17,20). The number of hydrogen-bond acceptors (Lipinski definition) is 2. The molecule has 7 heteroatoms. The molecule has 0 atom stereocenters. The monoisotopic (exact) mass is 316 g/mol. The molecular weight excluding hydrogens is 303 g/mol. The third-order valence-corrected chi connectivity index (χ3v) is 4.11. The zero-order chi connectivity index (χ0) is 14.9. The normalized spacial score (nSPS) is 15.6. The van der Waals surface area contributed by atoms with Crippen molar-refractivity contribution in [1.29, 1.82) is 0 Å². The van der Waals surface area contributed by atoms with Crippen LogP contribution in [0.15, 0.2) is 12.1 Å². The van der Waals surface area contributed by atoms with Gasteiger partial charge in [0.15, 0.2) is 0 Å².